The molecule has 8 heteroatoms. The van der Waals surface area contributed by atoms with Crippen LogP contribution in [0.15, 0.2) is 34.4 Å². The van der Waals surface area contributed by atoms with Crippen LogP contribution in [-0.2, 0) is 6.42 Å². The highest BCUT2D eigenvalue weighted by molar-refractivity contribution is 6.67. The molecular formula is C11H12FN5O2. The summed E-state index contributed by atoms with van der Waals surface area (Å²) in [5.74, 6) is -0.496. The van der Waals surface area contributed by atoms with Crippen molar-refractivity contribution in [2.45, 2.75) is 12.7 Å². The lowest BCUT2D eigenvalue weighted by molar-refractivity contribution is -0.498. The van der Waals surface area contributed by atoms with Crippen LogP contribution in [0.5, 0.6) is 0 Å². The molecule has 0 fully saturated rings. The maximum atomic E-state index is 12.8. The van der Waals surface area contributed by atoms with Crippen LogP contribution in [0.2, 0.25) is 0 Å². The molecule has 19 heavy (non-hydrogen) atoms. The maximum Gasteiger partial charge on any atom is 0.315 e. The van der Waals surface area contributed by atoms with Gasteiger partial charge in [-0.25, -0.2) is 4.39 Å². The van der Waals surface area contributed by atoms with Gasteiger partial charge in [-0.05, 0) is 17.7 Å². The van der Waals surface area contributed by atoms with Crippen LogP contribution in [0.25, 0.3) is 0 Å². The minimum Gasteiger partial charge on any atom is -0.621 e. The first-order chi connectivity index (χ1) is 9.02. The molecule has 1 unspecified atom stereocenters. The van der Waals surface area contributed by atoms with Crippen molar-refractivity contribution in [2.75, 3.05) is 0 Å². The van der Waals surface area contributed by atoms with Gasteiger partial charge in [-0.1, -0.05) is 17.3 Å². The van der Waals surface area contributed by atoms with E-state index < -0.39 is 6.29 Å². The Hall–Kier alpha value is -2.48. The molecule has 0 spiro atoms. The minimum absolute atomic E-state index is 0.0779. The van der Waals surface area contributed by atoms with E-state index in [0.29, 0.717) is 10.3 Å². The van der Waals surface area contributed by atoms with Crippen molar-refractivity contribution in [2.24, 2.45) is 21.6 Å². The number of benzene rings is 1. The zero-order chi connectivity index (χ0) is 14.0. The van der Waals surface area contributed by atoms with E-state index in [1.807, 2.05) is 0 Å². The second-order valence-electron chi connectivity index (χ2n) is 3.95. The van der Waals surface area contributed by atoms with Gasteiger partial charge in [0, 0.05) is 0 Å². The Kier molecular flexibility index (Phi) is 3.43. The molecule has 1 aliphatic rings. The zero-order valence-corrected chi connectivity index (χ0v) is 9.82. The van der Waals surface area contributed by atoms with E-state index in [0.717, 1.165) is 0 Å². The molecule has 0 bridgehead atoms. The zero-order valence-electron chi connectivity index (χ0n) is 9.82. The fourth-order valence-corrected chi connectivity index (χ4v) is 1.73. The van der Waals surface area contributed by atoms with Gasteiger partial charge in [0.05, 0.1) is 6.42 Å². The van der Waals surface area contributed by atoms with E-state index in [2.05, 4.69) is 10.1 Å². The van der Waals surface area contributed by atoms with Gasteiger partial charge in [-0.2, -0.15) is 9.73 Å². The molecule has 2 rings (SSSR count). The summed E-state index contributed by atoms with van der Waals surface area (Å²) < 4.78 is 13.2. The SMILES string of the molecule is NC1=NC(N)[N+]([O-])=C(Cc2ccc(F)cc2)C1=NO. The van der Waals surface area contributed by atoms with E-state index in [1.54, 1.807) is 0 Å². The Balaban J connectivity index is 2.36. The van der Waals surface area contributed by atoms with Crippen molar-refractivity contribution in [1.29, 1.82) is 0 Å². The van der Waals surface area contributed by atoms with Gasteiger partial charge in [-0.15, -0.1) is 0 Å². The van der Waals surface area contributed by atoms with E-state index >= 15 is 0 Å². The van der Waals surface area contributed by atoms with Gasteiger partial charge < -0.3 is 16.1 Å². The number of hydrogen-bond donors (Lipinski definition) is 3. The molecule has 1 heterocycles. The average Bonchev–Trinajstić information content (AvgIpc) is 2.38. The molecule has 1 aliphatic heterocycles. The first kappa shape index (κ1) is 13.0. The van der Waals surface area contributed by atoms with Crippen LogP contribution in [0, 0.1) is 11.0 Å². The third-order valence-corrected chi connectivity index (χ3v) is 2.68. The van der Waals surface area contributed by atoms with Crippen molar-refractivity contribution in [3.63, 3.8) is 0 Å². The van der Waals surface area contributed by atoms with Gasteiger partial charge >= 0.3 is 6.29 Å². The molecule has 0 saturated carbocycles. The molecule has 0 radical (unpaired) electrons. The predicted octanol–water partition coefficient (Wildman–Crippen LogP) is -0.237. The fraction of sp³-hybridized carbons (Fsp3) is 0.182. The van der Waals surface area contributed by atoms with Crippen molar-refractivity contribution in [3.05, 3.63) is 40.9 Å². The number of nitrogens with zero attached hydrogens (tertiary/aromatic N) is 3. The Morgan fingerprint density at radius 3 is 2.63 bits per heavy atom. The summed E-state index contributed by atoms with van der Waals surface area (Å²) in [5, 5.41) is 23.7. The third kappa shape index (κ3) is 2.52. The van der Waals surface area contributed by atoms with Crippen molar-refractivity contribution in [1.82, 2.24) is 0 Å². The Morgan fingerprint density at radius 2 is 2.05 bits per heavy atom. The first-order valence-corrected chi connectivity index (χ1v) is 5.41. The highest BCUT2D eigenvalue weighted by Gasteiger charge is 2.30. The summed E-state index contributed by atoms with van der Waals surface area (Å²) >= 11 is 0. The largest absolute Gasteiger partial charge is 0.621 e. The fourth-order valence-electron chi connectivity index (χ4n) is 1.73. The van der Waals surface area contributed by atoms with Crippen molar-refractivity contribution < 1.29 is 14.3 Å². The van der Waals surface area contributed by atoms with E-state index in [-0.39, 0.29) is 29.5 Å². The second kappa shape index (κ2) is 5.02. The molecule has 0 amide bonds. The van der Waals surface area contributed by atoms with Crippen LogP contribution in [0.4, 0.5) is 4.39 Å². The Bertz CT molecular complexity index is 579. The number of halogens is 1. The smallest absolute Gasteiger partial charge is 0.315 e. The predicted molar refractivity (Wildman–Crippen MR) is 67.6 cm³/mol. The number of hydroxylamine groups is 1. The van der Waals surface area contributed by atoms with Gasteiger partial charge in [0.15, 0.2) is 5.84 Å². The van der Waals surface area contributed by atoms with Crippen LogP contribution < -0.4 is 11.5 Å². The molecule has 100 valence electrons. The van der Waals surface area contributed by atoms with E-state index in [4.69, 9.17) is 16.7 Å². The second-order valence-corrected chi connectivity index (χ2v) is 3.95. The molecule has 1 aromatic rings. The van der Waals surface area contributed by atoms with Crippen LogP contribution in [-0.4, -0.2) is 33.5 Å². The average molecular weight is 265 g/mol. The summed E-state index contributed by atoms with van der Waals surface area (Å²) in [5.41, 5.74) is 11.6. The lowest BCUT2D eigenvalue weighted by Gasteiger charge is -2.19. The standard InChI is InChI=1S/C11H12FN5O2/c12-7-3-1-6(2-4-7)5-8-9(16-18)10(13)15-11(14)17(8)19/h1-4,11,18H,5,14H2,(H2,13,15). The van der Waals surface area contributed by atoms with Gasteiger partial charge in [0.1, 0.15) is 5.82 Å². The van der Waals surface area contributed by atoms with Crippen LogP contribution in [0.3, 0.4) is 0 Å². The number of amidine groups is 1. The number of aliphatic imine (C=N–C) groups is 1. The van der Waals surface area contributed by atoms with Gasteiger partial charge in [-0.3, -0.25) is 5.73 Å². The summed E-state index contributed by atoms with van der Waals surface area (Å²) in [6, 6.07) is 5.55. The number of oxime groups is 1. The summed E-state index contributed by atoms with van der Waals surface area (Å²) in [6.07, 6.45) is -1.08. The molecular weight excluding hydrogens is 253 g/mol. The van der Waals surface area contributed by atoms with E-state index in [1.165, 1.54) is 24.3 Å². The van der Waals surface area contributed by atoms with Crippen molar-refractivity contribution in [3.8, 4) is 0 Å². The van der Waals surface area contributed by atoms with E-state index in [9.17, 15) is 9.60 Å². The lowest BCUT2D eigenvalue weighted by Crippen LogP contribution is -2.48. The highest BCUT2D eigenvalue weighted by atomic mass is 19.1. The molecule has 1 atom stereocenters. The first-order valence-electron chi connectivity index (χ1n) is 5.41. The summed E-state index contributed by atoms with van der Waals surface area (Å²) in [6.45, 7) is 0. The quantitative estimate of drug-likeness (QED) is 0.295. The molecule has 0 aromatic heterocycles. The van der Waals surface area contributed by atoms with Gasteiger partial charge in [0.25, 0.3) is 0 Å². The molecule has 0 saturated heterocycles. The lowest BCUT2D eigenvalue weighted by atomic mass is 10.0. The minimum atomic E-state index is -1.18. The molecule has 5 N–H and O–H groups in total. The number of hydrogen-bond acceptors (Lipinski definition) is 6. The third-order valence-electron chi connectivity index (χ3n) is 2.68. The van der Waals surface area contributed by atoms with Crippen LogP contribution >= 0.6 is 0 Å². The summed E-state index contributed by atoms with van der Waals surface area (Å²) in [7, 11) is 0. The topological polar surface area (TPSA) is 123 Å². The van der Waals surface area contributed by atoms with Crippen molar-refractivity contribution >= 4 is 17.3 Å². The van der Waals surface area contributed by atoms with Crippen LogP contribution in [0.1, 0.15) is 5.56 Å². The molecule has 1 aromatic carbocycles. The maximum absolute atomic E-state index is 12.8. The number of rotatable bonds is 2. The highest BCUT2D eigenvalue weighted by Crippen LogP contribution is 2.08. The number of nitrogens with two attached hydrogens (primary N) is 2. The molecule has 7 nitrogen and oxygen atoms in total. The monoisotopic (exact) mass is 265 g/mol. The Morgan fingerprint density at radius 1 is 1.42 bits per heavy atom. The Labute approximate surface area is 107 Å². The normalized spacial score (nSPS) is 21.7. The van der Waals surface area contributed by atoms with Gasteiger partial charge in [0.2, 0.25) is 11.4 Å². The summed E-state index contributed by atoms with van der Waals surface area (Å²) in [4.78, 5) is 3.64. The molecule has 0 aliphatic carbocycles.